The highest BCUT2D eigenvalue weighted by Crippen LogP contribution is 2.41. The van der Waals surface area contributed by atoms with Gasteiger partial charge < -0.3 is 29.0 Å². The first-order chi connectivity index (χ1) is 20.7. The molecule has 0 radical (unpaired) electrons. The lowest BCUT2D eigenvalue weighted by atomic mass is 10.1. The van der Waals surface area contributed by atoms with Gasteiger partial charge in [0.25, 0.3) is 15.9 Å². The van der Waals surface area contributed by atoms with Gasteiger partial charge in [-0.05, 0) is 43.9 Å². The molecule has 15 heteroatoms. The smallest absolute Gasteiger partial charge is 0.270 e. The van der Waals surface area contributed by atoms with E-state index >= 15 is 0 Å². The van der Waals surface area contributed by atoms with Gasteiger partial charge in [0.1, 0.15) is 23.4 Å². The van der Waals surface area contributed by atoms with Crippen molar-refractivity contribution in [1.82, 2.24) is 20.3 Å². The topological polar surface area (TPSA) is 161 Å². The Morgan fingerprint density at radius 1 is 1.05 bits per heavy atom. The molecule has 1 saturated carbocycles. The number of ether oxygens (including phenoxy) is 3. The number of amides is 1. The van der Waals surface area contributed by atoms with E-state index in [-0.39, 0.29) is 39.9 Å². The van der Waals surface area contributed by atoms with E-state index in [1.54, 1.807) is 12.1 Å². The summed E-state index contributed by atoms with van der Waals surface area (Å²) >= 11 is 0. The number of hydrogen-bond acceptors (Lipinski definition) is 10. The van der Waals surface area contributed by atoms with Crippen LogP contribution in [0.5, 0.6) is 17.2 Å². The summed E-state index contributed by atoms with van der Waals surface area (Å²) in [5.41, 5.74) is 2.00. The third-order valence-electron chi connectivity index (χ3n) is 7.53. The summed E-state index contributed by atoms with van der Waals surface area (Å²) in [5.74, 6) is 0.695. The Balaban J connectivity index is 1.30. The normalized spacial score (nSPS) is 17.1. The van der Waals surface area contributed by atoms with Crippen molar-refractivity contribution in [1.29, 1.82) is 0 Å². The molecule has 4 aromatic rings. The zero-order valence-electron chi connectivity index (χ0n) is 23.8. The first kappa shape index (κ1) is 28.6. The second-order valence-corrected chi connectivity index (χ2v) is 12.1. The van der Waals surface area contributed by atoms with E-state index in [0.29, 0.717) is 47.9 Å². The van der Waals surface area contributed by atoms with Crippen LogP contribution >= 0.6 is 0 Å². The first-order valence-corrected chi connectivity index (χ1v) is 15.2. The summed E-state index contributed by atoms with van der Waals surface area (Å²) in [6.45, 7) is 0.364. The predicted molar refractivity (Wildman–Crippen MR) is 155 cm³/mol. The number of halogens is 1. The molecule has 13 nitrogen and oxygen atoms in total. The Kier molecular flexibility index (Phi) is 7.50. The number of alkyl halides is 1. The Morgan fingerprint density at radius 2 is 1.77 bits per heavy atom. The van der Waals surface area contributed by atoms with Crippen LogP contribution in [0.25, 0.3) is 11.0 Å². The quantitative estimate of drug-likeness (QED) is 0.231. The monoisotopic (exact) mass is 614 g/mol. The maximum absolute atomic E-state index is 13.9. The Labute approximate surface area is 246 Å². The van der Waals surface area contributed by atoms with Gasteiger partial charge in [0.2, 0.25) is 0 Å². The molecule has 2 aromatic carbocycles. The number of benzene rings is 2. The van der Waals surface area contributed by atoms with Crippen molar-refractivity contribution in [3.05, 3.63) is 41.6 Å². The Hall–Kier alpha value is -4.53. The second-order valence-electron chi connectivity index (χ2n) is 10.5. The predicted octanol–water partition coefficient (Wildman–Crippen LogP) is 4.57. The maximum Gasteiger partial charge on any atom is 0.270 e. The number of sulfonamides is 1. The number of hydrogen-bond donors (Lipinski definition) is 3. The van der Waals surface area contributed by atoms with Crippen LogP contribution < -0.4 is 24.2 Å². The van der Waals surface area contributed by atoms with E-state index in [0.717, 1.165) is 18.5 Å². The lowest BCUT2D eigenvalue weighted by Crippen LogP contribution is -2.40. The summed E-state index contributed by atoms with van der Waals surface area (Å²) in [7, 11) is -0.354. The van der Waals surface area contributed by atoms with Gasteiger partial charge in [-0.3, -0.25) is 14.6 Å². The highest BCUT2D eigenvalue weighted by atomic mass is 32.2. The van der Waals surface area contributed by atoms with Crippen molar-refractivity contribution in [2.75, 3.05) is 44.5 Å². The molecular weight excluding hydrogens is 583 g/mol. The number of nitrogens with one attached hydrogen (secondary N) is 3. The Bertz CT molecular complexity index is 1760. The van der Waals surface area contributed by atoms with Crippen LogP contribution in [0.1, 0.15) is 47.7 Å². The minimum Gasteiger partial charge on any atom is -0.495 e. The van der Waals surface area contributed by atoms with Crippen LogP contribution in [0.15, 0.2) is 39.8 Å². The molecule has 1 saturated heterocycles. The molecule has 228 valence electrons. The van der Waals surface area contributed by atoms with Crippen molar-refractivity contribution in [3.63, 3.8) is 0 Å². The molecule has 3 N–H and O–H groups in total. The molecule has 43 heavy (non-hydrogen) atoms. The minimum atomic E-state index is -4.39. The van der Waals surface area contributed by atoms with Crippen LogP contribution in [-0.2, 0) is 10.0 Å². The van der Waals surface area contributed by atoms with Crippen molar-refractivity contribution < 1.29 is 36.3 Å². The average Bonchev–Trinajstić information content (AvgIpc) is 3.64. The third kappa shape index (κ3) is 5.63. The number of carbonyl (C=O) groups is 1. The van der Waals surface area contributed by atoms with Gasteiger partial charge in [0.05, 0.1) is 38.9 Å². The van der Waals surface area contributed by atoms with Crippen molar-refractivity contribution in [3.8, 4) is 17.2 Å². The fourth-order valence-corrected chi connectivity index (χ4v) is 6.50. The number of piperidine rings is 1. The van der Waals surface area contributed by atoms with Crippen LogP contribution in [0.4, 0.5) is 21.7 Å². The van der Waals surface area contributed by atoms with Gasteiger partial charge in [0.15, 0.2) is 22.1 Å². The molecule has 0 bridgehead atoms. The highest BCUT2D eigenvalue weighted by Gasteiger charge is 2.31. The van der Waals surface area contributed by atoms with Gasteiger partial charge in [-0.2, -0.15) is 5.10 Å². The molecule has 1 amide bonds. The number of methoxy groups -OCH3 is 3. The largest absolute Gasteiger partial charge is 0.495 e. The summed E-state index contributed by atoms with van der Waals surface area (Å²) in [5, 5.41) is 14.8. The van der Waals surface area contributed by atoms with E-state index in [1.807, 2.05) is 6.07 Å². The van der Waals surface area contributed by atoms with Crippen LogP contribution in [0.2, 0.25) is 0 Å². The van der Waals surface area contributed by atoms with Gasteiger partial charge in [0, 0.05) is 35.9 Å². The standard InChI is InChI=1S/C28H31FN6O7S/c1-39-22-11-18-21(12-20(22)30-25-13-19(31-32-25)15-6-7-15)42-33-27(18)34-43(37,38)26-23(40-2)9-16(10-24(26)41-3)28(36)35-8-4-5-17(29)14-35/h9-13,15,17H,4-8,14H2,1-3H3,(H,33,34)(H2,30,31,32)/t17-/m1/s1. The minimum absolute atomic E-state index is 0.0335. The number of aromatic amines is 1. The van der Waals surface area contributed by atoms with E-state index in [9.17, 15) is 17.6 Å². The molecule has 2 aromatic heterocycles. The lowest BCUT2D eigenvalue weighted by Gasteiger charge is -2.29. The van der Waals surface area contributed by atoms with Gasteiger partial charge in [-0.1, -0.05) is 5.16 Å². The molecule has 2 aliphatic rings. The zero-order chi connectivity index (χ0) is 30.3. The molecule has 1 aliphatic carbocycles. The number of aromatic nitrogens is 3. The summed E-state index contributed by atoms with van der Waals surface area (Å²) in [6, 6.07) is 7.76. The van der Waals surface area contributed by atoms with E-state index in [4.69, 9.17) is 18.7 Å². The number of likely N-dealkylation sites (tertiary alicyclic amines) is 1. The van der Waals surface area contributed by atoms with E-state index in [1.165, 1.54) is 38.4 Å². The van der Waals surface area contributed by atoms with Gasteiger partial charge in [-0.15, -0.1) is 0 Å². The number of nitrogens with zero attached hydrogens (tertiary/aromatic N) is 3. The summed E-state index contributed by atoms with van der Waals surface area (Å²) in [6.07, 6.45) is 2.08. The summed E-state index contributed by atoms with van der Waals surface area (Å²) < 4.78 is 65.6. The third-order valence-corrected chi connectivity index (χ3v) is 8.93. The molecular formula is C28H31FN6O7S. The van der Waals surface area contributed by atoms with E-state index < -0.39 is 22.1 Å². The number of anilines is 3. The lowest BCUT2D eigenvalue weighted by molar-refractivity contribution is 0.0635. The van der Waals surface area contributed by atoms with Crippen molar-refractivity contribution in [2.24, 2.45) is 0 Å². The van der Waals surface area contributed by atoms with Crippen molar-refractivity contribution >= 4 is 44.2 Å². The number of H-pyrrole nitrogens is 1. The van der Waals surface area contributed by atoms with Crippen LogP contribution in [0, 0.1) is 0 Å². The van der Waals surface area contributed by atoms with Crippen LogP contribution in [-0.4, -0.2) is 75.2 Å². The average molecular weight is 615 g/mol. The SMILES string of the molecule is COc1cc2c(NS(=O)(=O)c3c(OC)cc(C(=O)N4CCC[C@@H](F)C4)cc3OC)noc2cc1Nc1cc(C2CC2)[nH]n1. The van der Waals surface area contributed by atoms with Gasteiger partial charge in [-0.25, -0.2) is 12.8 Å². The number of fused-ring (bicyclic) bond motifs is 1. The molecule has 1 atom stereocenters. The zero-order valence-corrected chi connectivity index (χ0v) is 24.6. The first-order valence-electron chi connectivity index (χ1n) is 13.7. The maximum atomic E-state index is 13.9. The fraction of sp³-hybridized carbons (Fsp3) is 0.393. The Morgan fingerprint density at radius 3 is 2.42 bits per heavy atom. The van der Waals surface area contributed by atoms with E-state index in [2.05, 4.69) is 25.4 Å². The molecule has 3 heterocycles. The van der Waals surface area contributed by atoms with Crippen molar-refractivity contribution in [2.45, 2.75) is 42.7 Å². The molecule has 1 aliphatic heterocycles. The second kappa shape index (κ2) is 11.3. The molecule has 0 spiro atoms. The summed E-state index contributed by atoms with van der Waals surface area (Å²) in [4.78, 5) is 14.2. The van der Waals surface area contributed by atoms with Crippen LogP contribution in [0.3, 0.4) is 0 Å². The molecule has 0 unspecified atom stereocenters. The highest BCUT2D eigenvalue weighted by molar-refractivity contribution is 7.93. The molecule has 6 rings (SSSR count). The fourth-order valence-electron chi connectivity index (χ4n) is 5.19. The van der Waals surface area contributed by atoms with Gasteiger partial charge >= 0.3 is 0 Å². The number of carbonyl (C=O) groups excluding carboxylic acids is 1. The number of rotatable bonds is 10. The molecule has 2 fully saturated rings.